The van der Waals surface area contributed by atoms with Gasteiger partial charge >= 0.3 is 0 Å². The number of aromatic nitrogens is 4. The number of H-pyrrole nitrogens is 1. The first kappa shape index (κ1) is 18.0. The standard InChI is InChI=1S/C18H16BrFN6S/c19-12-3-1-10(2-4-12)5-13(21)9-22-18-26-25-17(27-18)14-6-11-8-23-24-16(11)7-15(14)20/h1-4,6-8,13H,5,9,21H2,(H,22,26)(H,23,24). The highest BCUT2D eigenvalue weighted by atomic mass is 79.9. The van der Waals surface area contributed by atoms with Crippen LogP contribution < -0.4 is 11.1 Å². The van der Waals surface area contributed by atoms with Crippen molar-refractivity contribution in [3.8, 4) is 10.6 Å². The summed E-state index contributed by atoms with van der Waals surface area (Å²) in [5, 5.41) is 20.0. The highest BCUT2D eigenvalue weighted by molar-refractivity contribution is 9.10. The van der Waals surface area contributed by atoms with Crippen LogP contribution in [0.4, 0.5) is 9.52 Å². The van der Waals surface area contributed by atoms with E-state index in [2.05, 4.69) is 41.6 Å². The molecule has 0 bridgehead atoms. The van der Waals surface area contributed by atoms with Crippen molar-refractivity contribution in [1.82, 2.24) is 20.4 Å². The molecule has 0 saturated carbocycles. The van der Waals surface area contributed by atoms with Crippen molar-refractivity contribution in [2.75, 3.05) is 11.9 Å². The van der Waals surface area contributed by atoms with Gasteiger partial charge in [-0.25, -0.2) is 4.39 Å². The van der Waals surface area contributed by atoms with Crippen molar-refractivity contribution in [2.24, 2.45) is 5.73 Å². The Balaban J connectivity index is 1.41. The number of aromatic amines is 1. The molecule has 6 nitrogen and oxygen atoms in total. The second-order valence-corrected chi connectivity index (χ2v) is 8.07. The van der Waals surface area contributed by atoms with Gasteiger partial charge in [-0.05, 0) is 30.2 Å². The summed E-state index contributed by atoms with van der Waals surface area (Å²) >= 11 is 4.72. The minimum Gasteiger partial charge on any atom is -0.359 e. The summed E-state index contributed by atoms with van der Waals surface area (Å²) in [6.45, 7) is 0.550. The van der Waals surface area contributed by atoms with Gasteiger partial charge < -0.3 is 11.1 Å². The molecule has 0 aliphatic heterocycles. The van der Waals surface area contributed by atoms with E-state index in [1.807, 2.05) is 24.3 Å². The molecule has 1 atom stereocenters. The van der Waals surface area contributed by atoms with Crippen molar-refractivity contribution in [1.29, 1.82) is 0 Å². The second-order valence-electron chi connectivity index (χ2n) is 6.17. The SMILES string of the molecule is NC(CNc1nnc(-c2cc3cn[nH]c3cc2F)s1)Cc1ccc(Br)cc1. The fourth-order valence-electron chi connectivity index (χ4n) is 2.75. The Labute approximate surface area is 167 Å². The fraction of sp³-hybridized carbons (Fsp3) is 0.167. The Morgan fingerprint density at radius 3 is 2.85 bits per heavy atom. The highest BCUT2D eigenvalue weighted by Crippen LogP contribution is 2.31. The molecule has 1 unspecified atom stereocenters. The lowest BCUT2D eigenvalue weighted by Crippen LogP contribution is -2.31. The van der Waals surface area contributed by atoms with Crippen LogP contribution in [0.3, 0.4) is 0 Å². The Bertz CT molecular complexity index is 1060. The van der Waals surface area contributed by atoms with Crippen LogP contribution in [0.15, 0.2) is 47.1 Å². The first-order chi connectivity index (χ1) is 13.1. The van der Waals surface area contributed by atoms with Gasteiger partial charge in [0.15, 0.2) is 5.01 Å². The molecule has 0 aliphatic carbocycles. The molecule has 0 fully saturated rings. The van der Waals surface area contributed by atoms with Crippen molar-refractivity contribution in [3.05, 3.63) is 58.4 Å². The van der Waals surface area contributed by atoms with Gasteiger partial charge in [0, 0.05) is 34.1 Å². The van der Waals surface area contributed by atoms with Crippen molar-refractivity contribution >= 4 is 43.3 Å². The molecule has 2 heterocycles. The predicted molar refractivity (Wildman–Crippen MR) is 109 cm³/mol. The van der Waals surface area contributed by atoms with Crippen molar-refractivity contribution in [3.63, 3.8) is 0 Å². The average Bonchev–Trinajstić information content (AvgIpc) is 3.30. The molecule has 0 aliphatic rings. The molecule has 2 aromatic heterocycles. The Kier molecular flexibility index (Phi) is 5.15. The molecular formula is C18H16BrFN6S. The summed E-state index contributed by atoms with van der Waals surface area (Å²) in [5.74, 6) is -0.360. The van der Waals surface area contributed by atoms with Gasteiger partial charge in [0.2, 0.25) is 5.13 Å². The van der Waals surface area contributed by atoms with E-state index in [0.29, 0.717) is 27.8 Å². The summed E-state index contributed by atoms with van der Waals surface area (Å²) < 4.78 is 15.4. The third-order valence-corrected chi connectivity index (χ3v) is 5.55. The van der Waals surface area contributed by atoms with Crippen LogP contribution in [0.25, 0.3) is 21.5 Å². The maximum Gasteiger partial charge on any atom is 0.206 e. The number of hydrogen-bond acceptors (Lipinski definition) is 6. The third-order valence-electron chi connectivity index (χ3n) is 4.11. The lowest BCUT2D eigenvalue weighted by atomic mass is 10.1. The van der Waals surface area contributed by atoms with Gasteiger partial charge in [-0.3, -0.25) is 5.10 Å². The molecule has 138 valence electrons. The minimum absolute atomic E-state index is 0.0717. The predicted octanol–water partition coefficient (Wildman–Crippen LogP) is 3.96. The number of nitrogens with one attached hydrogen (secondary N) is 2. The average molecular weight is 447 g/mol. The second kappa shape index (κ2) is 7.71. The van der Waals surface area contributed by atoms with E-state index in [-0.39, 0.29) is 11.9 Å². The van der Waals surface area contributed by atoms with Crippen LogP contribution in [0, 0.1) is 5.82 Å². The molecule has 0 saturated heterocycles. The van der Waals surface area contributed by atoms with Gasteiger partial charge in [-0.2, -0.15) is 5.10 Å². The number of benzene rings is 2. The number of hydrogen-bond donors (Lipinski definition) is 3. The summed E-state index contributed by atoms with van der Waals surface area (Å²) in [7, 11) is 0. The fourth-order valence-corrected chi connectivity index (χ4v) is 3.78. The largest absolute Gasteiger partial charge is 0.359 e. The summed E-state index contributed by atoms with van der Waals surface area (Å²) in [6, 6.07) is 11.1. The quantitative estimate of drug-likeness (QED) is 0.416. The van der Waals surface area contributed by atoms with Gasteiger partial charge in [-0.15, -0.1) is 10.2 Å². The number of nitrogens with two attached hydrogens (primary N) is 1. The molecule has 27 heavy (non-hydrogen) atoms. The highest BCUT2D eigenvalue weighted by Gasteiger charge is 2.14. The minimum atomic E-state index is -0.360. The lowest BCUT2D eigenvalue weighted by Gasteiger charge is -2.12. The normalized spacial score (nSPS) is 12.4. The molecular weight excluding hydrogens is 431 g/mol. The topological polar surface area (TPSA) is 92.5 Å². The smallest absolute Gasteiger partial charge is 0.206 e. The van der Waals surface area contributed by atoms with Crippen molar-refractivity contribution < 1.29 is 4.39 Å². The van der Waals surface area contributed by atoms with Gasteiger partial charge in [0.1, 0.15) is 5.82 Å². The van der Waals surface area contributed by atoms with Crippen LogP contribution in [-0.4, -0.2) is 33.0 Å². The molecule has 4 aromatic rings. The monoisotopic (exact) mass is 446 g/mol. The van der Waals surface area contributed by atoms with Gasteiger partial charge in [0.05, 0.1) is 11.7 Å². The zero-order valence-electron chi connectivity index (χ0n) is 14.1. The lowest BCUT2D eigenvalue weighted by molar-refractivity contribution is 0.632. The Morgan fingerprint density at radius 2 is 2.04 bits per heavy atom. The van der Waals surface area contributed by atoms with Crippen LogP contribution in [0.2, 0.25) is 0 Å². The summed E-state index contributed by atoms with van der Waals surface area (Å²) in [5.41, 5.74) is 8.43. The van der Waals surface area contributed by atoms with Crippen LogP contribution in [0.5, 0.6) is 0 Å². The molecule has 0 amide bonds. The van der Waals surface area contributed by atoms with Crippen molar-refractivity contribution in [2.45, 2.75) is 12.5 Å². The van der Waals surface area contributed by atoms with E-state index >= 15 is 0 Å². The maximum absolute atomic E-state index is 14.3. The first-order valence-corrected chi connectivity index (χ1v) is 9.90. The summed E-state index contributed by atoms with van der Waals surface area (Å²) in [6.07, 6.45) is 2.40. The molecule has 2 aromatic carbocycles. The van der Waals surface area contributed by atoms with E-state index in [0.717, 1.165) is 16.3 Å². The first-order valence-electron chi connectivity index (χ1n) is 8.29. The Morgan fingerprint density at radius 1 is 1.22 bits per heavy atom. The van der Waals surface area contributed by atoms with Crippen LogP contribution >= 0.6 is 27.3 Å². The molecule has 4 N–H and O–H groups in total. The van der Waals surface area contributed by atoms with E-state index in [1.54, 1.807) is 12.3 Å². The molecule has 0 radical (unpaired) electrons. The number of rotatable bonds is 6. The number of halogens is 2. The van der Waals surface area contributed by atoms with Crippen LogP contribution in [0.1, 0.15) is 5.56 Å². The zero-order valence-corrected chi connectivity index (χ0v) is 16.5. The van der Waals surface area contributed by atoms with Crippen LogP contribution in [-0.2, 0) is 6.42 Å². The Hall–Kier alpha value is -2.36. The van der Waals surface area contributed by atoms with Gasteiger partial charge in [-0.1, -0.05) is 39.4 Å². The molecule has 0 spiro atoms. The third kappa shape index (κ3) is 4.15. The van der Waals surface area contributed by atoms with Gasteiger partial charge in [0.25, 0.3) is 0 Å². The molecule has 9 heteroatoms. The maximum atomic E-state index is 14.3. The van der Waals surface area contributed by atoms with E-state index < -0.39 is 0 Å². The number of anilines is 1. The summed E-state index contributed by atoms with van der Waals surface area (Å²) in [4.78, 5) is 0. The number of nitrogens with zero attached hydrogens (tertiary/aromatic N) is 3. The van der Waals surface area contributed by atoms with E-state index in [4.69, 9.17) is 5.73 Å². The zero-order chi connectivity index (χ0) is 18.8. The van der Waals surface area contributed by atoms with E-state index in [9.17, 15) is 4.39 Å². The van der Waals surface area contributed by atoms with E-state index in [1.165, 1.54) is 23.0 Å². The molecule has 4 rings (SSSR count). The number of fused-ring (bicyclic) bond motifs is 1.